The van der Waals surface area contributed by atoms with E-state index in [9.17, 15) is 9.59 Å². The lowest BCUT2D eigenvalue weighted by molar-refractivity contribution is 0.0595. The van der Waals surface area contributed by atoms with Crippen molar-refractivity contribution in [2.75, 3.05) is 26.8 Å². The van der Waals surface area contributed by atoms with E-state index in [2.05, 4.69) is 38.3 Å². The fraction of sp³-hybridized carbons (Fsp3) is 0.130. The maximum Gasteiger partial charge on any atom is 0.363 e. The lowest BCUT2D eigenvalue weighted by Crippen LogP contribution is -2.11. The van der Waals surface area contributed by atoms with E-state index in [1.54, 1.807) is 36.4 Å². The summed E-state index contributed by atoms with van der Waals surface area (Å²) >= 11 is 2.07. The standard InChI is InChI=1S/C23H20IN3O6/c1-30-19-12-14(13-20(31-2)21(19)32-3)23(29)33-27-16-10-8-15(9-11-16)25-26-22(28)17-6-4-5-7-18(17)24/h4-13,27H,1-3H3. The first-order chi connectivity index (χ1) is 16.0. The summed E-state index contributed by atoms with van der Waals surface area (Å²) in [6.45, 7) is 0. The summed E-state index contributed by atoms with van der Waals surface area (Å²) in [6.07, 6.45) is 0. The van der Waals surface area contributed by atoms with Gasteiger partial charge in [0.25, 0.3) is 5.91 Å². The van der Waals surface area contributed by atoms with Crippen LogP contribution in [0.1, 0.15) is 20.7 Å². The lowest BCUT2D eigenvalue weighted by Gasteiger charge is -2.14. The number of carbonyl (C=O) groups is 2. The van der Waals surface area contributed by atoms with Gasteiger partial charge in [-0.25, -0.2) is 10.3 Å². The smallest absolute Gasteiger partial charge is 0.363 e. The van der Waals surface area contributed by atoms with Gasteiger partial charge in [0.15, 0.2) is 11.5 Å². The Balaban J connectivity index is 1.63. The fourth-order valence-corrected chi connectivity index (χ4v) is 3.37. The zero-order valence-corrected chi connectivity index (χ0v) is 20.2. The van der Waals surface area contributed by atoms with Crippen LogP contribution >= 0.6 is 22.6 Å². The van der Waals surface area contributed by atoms with Crippen LogP contribution in [0, 0.1) is 3.57 Å². The number of azo groups is 1. The molecule has 0 bridgehead atoms. The minimum absolute atomic E-state index is 0.205. The van der Waals surface area contributed by atoms with Crippen LogP contribution in [0.15, 0.2) is 70.9 Å². The van der Waals surface area contributed by atoms with E-state index in [1.807, 2.05) is 12.1 Å². The van der Waals surface area contributed by atoms with Crippen LogP contribution in [0.25, 0.3) is 0 Å². The zero-order valence-electron chi connectivity index (χ0n) is 18.0. The van der Waals surface area contributed by atoms with Crippen molar-refractivity contribution in [3.8, 4) is 17.2 Å². The highest BCUT2D eigenvalue weighted by atomic mass is 127. The molecule has 0 aromatic heterocycles. The summed E-state index contributed by atoms with van der Waals surface area (Å²) in [7, 11) is 4.39. The Kier molecular flexibility index (Phi) is 8.19. The van der Waals surface area contributed by atoms with Crippen molar-refractivity contribution in [2.24, 2.45) is 10.2 Å². The number of anilines is 1. The third-order valence-electron chi connectivity index (χ3n) is 4.39. The summed E-state index contributed by atoms with van der Waals surface area (Å²) < 4.78 is 16.5. The van der Waals surface area contributed by atoms with Gasteiger partial charge in [-0.3, -0.25) is 4.79 Å². The van der Waals surface area contributed by atoms with Crippen molar-refractivity contribution in [3.63, 3.8) is 0 Å². The Morgan fingerprint density at radius 2 is 1.52 bits per heavy atom. The van der Waals surface area contributed by atoms with Gasteiger partial charge in [0.2, 0.25) is 5.75 Å². The number of carbonyl (C=O) groups excluding carboxylic acids is 2. The first-order valence-electron chi connectivity index (χ1n) is 9.54. The molecule has 1 N–H and O–H groups in total. The third-order valence-corrected chi connectivity index (χ3v) is 5.33. The lowest BCUT2D eigenvalue weighted by atomic mass is 10.2. The Bertz CT molecular complexity index is 1160. The molecule has 3 aromatic carbocycles. The van der Waals surface area contributed by atoms with Crippen molar-refractivity contribution >= 4 is 45.8 Å². The quantitative estimate of drug-likeness (QED) is 0.222. The monoisotopic (exact) mass is 561 g/mol. The Labute approximate surface area is 203 Å². The van der Waals surface area contributed by atoms with Crippen LogP contribution in [-0.4, -0.2) is 33.2 Å². The molecule has 10 heteroatoms. The van der Waals surface area contributed by atoms with Gasteiger partial charge in [-0.2, -0.15) is 0 Å². The van der Waals surface area contributed by atoms with Gasteiger partial charge in [-0.05, 0) is 71.1 Å². The average molecular weight is 561 g/mol. The molecule has 0 saturated carbocycles. The van der Waals surface area contributed by atoms with Gasteiger partial charge in [-0.1, -0.05) is 12.1 Å². The van der Waals surface area contributed by atoms with Gasteiger partial charge in [0.05, 0.1) is 43.8 Å². The van der Waals surface area contributed by atoms with E-state index >= 15 is 0 Å². The highest BCUT2D eigenvalue weighted by Gasteiger charge is 2.18. The van der Waals surface area contributed by atoms with E-state index in [1.165, 1.54) is 33.5 Å². The summed E-state index contributed by atoms with van der Waals surface area (Å²) in [5, 5.41) is 7.72. The van der Waals surface area contributed by atoms with Crippen molar-refractivity contribution in [1.29, 1.82) is 0 Å². The Morgan fingerprint density at radius 3 is 2.09 bits per heavy atom. The van der Waals surface area contributed by atoms with Crippen LogP contribution in [-0.2, 0) is 4.84 Å². The summed E-state index contributed by atoms with van der Waals surface area (Å²) in [5.74, 6) is -0.0474. The van der Waals surface area contributed by atoms with E-state index < -0.39 is 11.9 Å². The van der Waals surface area contributed by atoms with Crippen LogP contribution < -0.4 is 19.7 Å². The molecule has 33 heavy (non-hydrogen) atoms. The summed E-state index contributed by atoms with van der Waals surface area (Å²) in [4.78, 5) is 29.8. The first-order valence-corrected chi connectivity index (χ1v) is 10.6. The minimum atomic E-state index is -0.652. The molecule has 3 aromatic rings. The number of halogens is 1. The number of hydrogen-bond acceptors (Lipinski definition) is 8. The molecule has 0 spiro atoms. The van der Waals surface area contributed by atoms with Gasteiger partial charge >= 0.3 is 5.97 Å². The van der Waals surface area contributed by atoms with Crippen molar-refractivity contribution < 1.29 is 28.6 Å². The predicted molar refractivity (Wildman–Crippen MR) is 130 cm³/mol. The van der Waals surface area contributed by atoms with Crippen LogP contribution in [0.2, 0.25) is 0 Å². The molecule has 9 nitrogen and oxygen atoms in total. The highest BCUT2D eigenvalue weighted by molar-refractivity contribution is 14.1. The molecule has 0 radical (unpaired) electrons. The summed E-state index contributed by atoms with van der Waals surface area (Å²) in [5.41, 5.74) is 4.23. The van der Waals surface area contributed by atoms with E-state index in [0.29, 0.717) is 34.2 Å². The molecule has 170 valence electrons. The largest absolute Gasteiger partial charge is 0.493 e. The van der Waals surface area contributed by atoms with Crippen molar-refractivity contribution in [1.82, 2.24) is 0 Å². The molecule has 0 saturated heterocycles. The maximum absolute atomic E-state index is 12.5. The molecule has 0 heterocycles. The number of nitrogens with zero attached hydrogens (tertiary/aromatic N) is 2. The van der Waals surface area contributed by atoms with E-state index in [-0.39, 0.29) is 5.56 Å². The number of amides is 1. The maximum atomic E-state index is 12.5. The molecule has 0 atom stereocenters. The first kappa shape index (κ1) is 24.0. The molecule has 3 rings (SSSR count). The molecule has 1 amide bonds. The number of benzene rings is 3. The zero-order chi connectivity index (χ0) is 23.8. The van der Waals surface area contributed by atoms with Gasteiger partial charge in [0.1, 0.15) is 0 Å². The number of nitrogens with one attached hydrogen (secondary N) is 1. The van der Waals surface area contributed by atoms with Gasteiger partial charge < -0.3 is 19.0 Å². The molecule has 0 aliphatic heterocycles. The van der Waals surface area contributed by atoms with Crippen LogP contribution in [0.3, 0.4) is 0 Å². The molecule has 0 fully saturated rings. The highest BCUT2D eigenvalue weighted by Crippen LogP contribution is 2.38. The molecule has 0 aliphatic carbocycles. The van der Waals surface area contributed by atoms with E-state index in [0.717, 1.165) is 3.57 Å². The molecule has 0 unspecified atom stereocenters. The number of hydrogen-bond donors (Lipinski definition) is 1. The van der Waals surface area contributed by atoms with Crippen LogP contribution in [0.4, 0.5) is 11.4 Å². The van der Waals surface area contributed by atoms with Gasteiger partial charge in [-0.15, -0.1) is 10.2 Å². The molecule has 0 aliphatic rings. The van der Waals surface area contributed by atoms with Crippen molar-refractivity contribution in [3.05, 3.63) is 75.4 Å². The number of methoxy groups -OCH3 is 3. The second-order valence-corrected chi connectivity index (χ2v) is 7.60. The van der Waals surface area contributed by atoms with Crippen LogP contribution in [0.5, 0.6) is 17.2 Å². The number of ether oxygens (including phenoxy) is 3. The Morgan fingerprint density at radius 1 is 0.879 bits per heavy atom. The summed E-state index contributed by atoms with van der Waals surface area (Å²) in [6, 6.07) is 16.6. The van der Waals surface area contributed by atoms with E-state index in [4.69, 9.17) is 19.0 Å². The average Bonchev–Trinajstić information content (AvgIpc) is 2.85. The fourth-order valence-electron chi connectivity index (χ4n) is 2.75. The predicted octanol–water partition coefficient (Wildman–Crippen LogP) is 5.43. The molecular weight excluding hydrogens is 541 g/mol. The molecular formula is C23H20IN3O6. The SMILES string of the molecule is COc1cc(C(=O)ONc2ccc(N=NC(=O)c3ccccc3I)cc2)cc(OC)c1OC. The Hall–Kier alpha value is -3.67. The minimum Gasteiger partial charge on any atom is -0.493 e. The topological polar surface area (TPSA) is 108 Å². The second kappa shape index (κ2) is 11.3. The normalized spacial score (nSPS) is 10.5. The number of rotatable bonds is 8. The van der Waals surface area contributed by atoms with Gasteiger partial charge in [0, 0.05) is 3.57 Å². The van der Waals surface area contributed by atoms with Crippen molar-refractivity contribution in [2.45, 2.75) is 0 Å². The second-order valence-electron chi connectivity index (χ2n) is 6.44. The third kappa shape index (κ3) is 5.98.